The topological polar surface area (TPSA) is 38.3 Å². The van der Waals surface area contributed by atoms with Gasteiger partial charge in [0.2, 0.25) is 0 Å². The molecule has 1 fully saturated rings. The molecule has 98 valence electrons. The van der Waals surface area contributed by atoms with Crippen molar-refractivity contribution < 1.29 is 13.9 Å². The van der Waals surface area contributed by atoms with Crippen molar-refractivity contribution in [3.63, 3.8) is 0 Å². The molecule has 0 bridgehead atoms. The molecule has 2 rings (SSSR count). The molecule has 1 aromatic rings. The van der Waals surface area contributed by atoms with Crippen molar-refractivity contribution in [2.24, 2.45) is 0 Å². The zero-order chi connectivity index (χ0) is 13.1. The van der Waals surface area contributed by atoms with E-state index in [0.29, 0.717) is 9.13 Å². The summed E-state index contributed by atoms with van der Waals surface area (Å²) in [5.41, 5.74) is 0.502. The predicted octanol–water partition coefficient (Wildman–Crippen LogP) is 2.73. The van der Waals surface area contributed by atoms with Gasteiger partial charge in [-0.25, -0.2) is 4.39 Å². The zero-order valence-electron chi connectivity index (χ0n) is 10.1. The highest BCUT2D eigenvalue weighted by Crippen LogP contribution is 2.17. The number of carbonyl (C=O) groups excluding carboxylic acids is 1. The lowest BCUT2D eigenvalue weighted by Crippen LogP contribution is -2.41. The molecule has 0 saturated carbocycles. The lowest BCUT2D eigenvalue weighted by atomic mass is 10.1. The zero-order valence-corrected chi connectivity index (χ0v) is 12.2. The average Bonchev–Trinajstić information content (AvgIpc) is 2.81. The summed E-state index contributed by atoms with van der Waals surface area (Å²) in [5, 5.41) is 2.91. The molecule has 0 radical (unpaired) electrons. The van der Waals surface area contributed by atoms with Crippen molar-refractivity contribution in [3.8, 4) is 0 Å². The number of carbonyl (C=O) groups is 1. The maximum absolute atomic E-state index is 13.0. The Kier molecular flexibility index (Phi) is 4.55. The van der Waals surface area contributed by atoms with Crippen molar-refractivity contribution >= 4 is 28.5 Å². The van der Waals surface area contributed by atoms with Crippen LogP contribution in [0.5, 0.6) is 0 Å². The van der Waals surface area contributed by atoms with E-state index in [9.17, 15) is 9.18 Å². The quantitative estimate of drug-likeness (QED) is 0.839. The molecule has 18 heavy (non-hydrogen) atoms. The Balaban J connectivity index is 2.02. The monoisotopic (exact) mass is 363 g/mol. The third-order valence-corrected chi connectivity index (χ3v) is 3.95. The highest BCUT2D eigenvalue weighted by Gasteiger charge is 2.24. The van der Waals surface area contributed by atoms with Crippen LogP contribution in [0.15, 0.2) is 18.2 Å². The Morgan fingerprint density at radius 3 is 3.00 bits per heavy atom. The first kappa shape index (κ1) is 13.7. The van der Waals surface area contributed by atoms with Gasteiger partial charge in [0.1, 0.15) is 5.82 Å². The molecule has 1 saturated heterocycles. The van der Waals surface area contributed by atoms with E-state index in [0.717, 1.165) is 19.4 Å². The Labute approximate surface area is 119 Å². The van der Waals surface area contributed by atoms with Crippen LogP contribution in [0, 0.1) is 9.39 Å². The molecular formula is C13H15FINO2. The molecule has 1 aromatic carbocycles. The molecule has 0 spiro atoms. The fourth-order valence-electron chi connectivity index (χ4n) is 2.05. The lowest BCUT2D eigenvalue weighted by Gasteiger charge is -2.20. The van der Waals surface area contributed by atoms with Gasteiger partial charge in [-0.1, -0.05) is 0 Å². The lowest BCUT2D eigenvalue weighted by molar-refractivity contribution is 0.0712. The Morgan fingerprint density at radius 2 is 2.39 bits per heavy atom. The van der Waals surface area contributed by atoms with E-state index in [1.807, 2.05) is 29.5 Å². The van der Waals surface area contributed by atoms with E-state index >= 15 is 0 Å². The van der Waals surface area contributed by atoms with Crippen LogP contribution >= 0.6 is 22.6 Å². The van der Waals surface area contributed by atoms with E-state index < -0.39 is 0 Å². The van der Waals surface area contributed by atoms with E-state index in [2.05, 4.69) is 5.32 Å². The standard InChI is InChI=1S/C13H15FINO2/c1-8(12-3-2-6-18-12)16-13(17)10-5-4-9(14)7-11(10)15/h4-5,7-8,12H,2-3,6H2,1H3,(H,16,17)/t8-,12+/m0/s1. The van der Waals surface area contributed by atoms with E-state index in [1.54, 1.807) is 0 Å². The van der Waals surface area contributed by atoms with Crippen LogP contribution in [-0.4, -0.2) is 24.7 Å². The highest BCUT2D eigenvalue weighted by molar-refractivity contribution is 14.1. The molecule has 1 aliphatic rings. The van der Waals surface area contributed by atoms with Crippen molar-refractivity contribution in [1.29, 1.82) is 0 Å². The van der Waals surface area contributed by atoms with E-state index in [4.69, 9.17) is 4.74 Å². The summed E-state index contributed by atoms with van der Waals surface area (Å²) >= 11 is 1.96. The SMILES string of the molecule is C[C@H](NC(=O)c1ccc(F)cc1I)[C@H]1CCCO1. The smallest absolute Gasteiger partial charge is 0.252 e. The second kappa shape index (κ2) is 5.97. The summed E-state index contributed by atoms with van der Waals surface area (Å²) in [6.07, 6.45) is 2.10. The number of hydrogen-bond donors (Lipinski definition) is 1. The van der Waals surface area contributed by atoms with Gasteiger partial charge < -0.3 is 10.1 Å². The number of amides is 1. The first-order chi connectivity index (χ1) is 8.58. The summed E-state index contributed by atoms with van der Waals surface area (Å²) in [6, 6.07) is 4.13. The maximum atomic E-state index is 13.0. The summed E-state index contributed by atoms with van der Waals surface area (Å²) in [4.78, 5) is 12.1. The first-order valence-electron chi connectivity index (χ1n) is 5.95. The number of nitrogens with one attached hydrogen (secondary N) is 1. The van der Waals surface area contributed by atoms with Crippen molar-refractivity contribution in [1.82, 2.24) is 5.32 Å². The fraction of sp³-hybridized carbons (Fsp3) is 0.462. The molecule has 2 atom stereocenters. The van der Waals surface area contributed by atoms with Gasteiger partial charge in [-0.15, -0.1) is 0 Å². The first-order valence-corrected chi connectivity index (χ1v) is 7.03. The maximum Gasteiger partial charge on any atom is 0.252 e. The van der Waals surface area contributed by atoms with Crippen molar-refractivity contribution in [2.75, 3.05) is 6.61 Å². The van der Waals surface area contributed by atoms with Crippen LogP contribution in [0.4, 0.5) is 4.39 Å². The summed E-state index contributed by atoms with van der Waals surface area (Å²) in [7, 11) is 0. The third-order valence-electron chi connectivity index (χ3n) is 3.06. The van der Waals surface area contributed by atoms with Crippen LogP contribution in [0.2, 0.25) is 0 Å². The molecule has 1 aliphatic heterocycles. The summed E-state index contributed by atoms with van der Waals surface area (Å²) in [6.45, 7) is 2.70. The second-order valence-electron chi connectivity index (χ2n) is 4.44. The molecule has 1 amide bonds. The molecule has 0 aromatic heterocycles. The summed E-state index contributed by atoms with van der Waals surface area (Å²) < 4.78 is 19.1. The molecule has 0 unspecified atom stereocenters. The minimum absolute atomic E-state index is 0.0270. The van der Waals surface area contributed by atoms with Crippen LogP contribution in [-0.2, 0) is 4.74 Å². The number of hydrogen-bond acceptors (Lipinski definition) is 2. The van der Waals surface area contributed by atoms with Crippen LogP contribution < -0.4 is 5.32 Å². The third kappa shape index (κ3) is 3.20. The molecule has 5 heteroatoms. The van der Waals surface area contributed by atoms with Gasteiger partial charge in [-0.05, 0) is 60.6 Å². The number of benzene rings is 1. The van der Waals surface area contributed by atoms with Gasteiger partial charge in [-0.2, -0.15) is 0 Å². The van der Waals surface area contributed by atoms with E-state index in [1.165, 1.54) is 18.2 Å². The molecular weight excluding hydrogens is 348 g/mol. The second-order valence-corrected chi connectivity index (χ2v) is 5.60. The van der Waals surface area contributed by atoms with Gasteiger partial charge in [0, 0.05) is 10.2 Å². The highest BCUT2D eigenvalue weighted by atomic mass is 127. The van der Waals surface area contributed by atoms with Crippen LogP contribution in [0.3, 0.4) is 0 Å². The number of rotatable bonds is 3. The molecule has 1 N–H and O–H groups in total. The normalized spacial score (nSPS) is 20.7. The van der Waals surface area contributed by atoms with Gasteiger partial charge in [0.05, 0.1) is 17.7 Å². The van der Waals surface area contributed by atoms with E-state index in [-0.39, 0.29) is 23.9 Å². The van der Waals surface area contributed by atoms with Gasteiger partial charge in [0.15, 0.2) is 0 Å². The minimum atomic E-state index is -0.330. The van der Waals surface area contributed by atoms with Crippen LogP contribution in [0.1, 0.15) is 30.1 Å². The Morgan fingerprint density at radius 1 is 1.61 bits per heavy atom. The Bertz CT molecular complexity index is 447. The Hall–Kier alpha value is -0.690. The fourth-order valence-corrected chi connectivity index (χ4v) is 2.77. The van der Waals surface area contributed by atoms with Crippen molar-refractivity contribution in [2.45, 2.75) is 31.9 Å². The van der Waals surface area contributed by atoms with Gasteiger partial charge in [0.25, 0.3) is 5.91 Å². The molecule has 1 heterocycles. The largest absolute Gasteiger partial charge is 0.376 e. The predicted molar refractivity (Wildman–Crippen MR) is 75.0 cm³/mol. The number of halogens is 2. The van der Waals surface area contributed by atoms with Gasteiger partial charge >= 0.3 is 0 Å². The van der Waals surface area contributed by atoms with Crippen molar-refractivity contribution in [3.05, 3.63) is 33.1 Å². The molecule has 0 aliphatic carbocycles. The summed E-state index contributed by atoms with van der Waals surface area (Å²) in [5.74, 6) is -0.509. The number of ether oxygens (including phenoxy) is 1. The van der Waals surface area contributed by atoms with Crippen LogP contribution in [0.25, 0.3) is 0 Å². The minimum Gasteiger partial charge on any atom is -0.376 e. The van der Waals surface area contributed by atoms with Gasteiger partial charge in [-0.3, -0.25) is 4.79 Å². The molecule has 3 nitrogen and oxygen atoms in total. The average molecular weight is 363 g/mol.